The first-order valence-corrected chi connectivity index (χ1v) is 7.23. The minimum atomic E-state index is -1.60. The number of rotatable bonds is 3. The molecule has 1 aliphatic carbocycles. The van der Waals surface area contributed by atoms with Crippen LogP contribution in [0.25, 0.3) is 0 Å². The molecule has 1 fully saturated rings. The summed E-state index contributed by atoms with van der Waals surface area (Å²) in [6.07, 6.45) is 1.46. The monoisotopic (exact) mass is 326 g/mol. The average molecular weight is 327 g/mol. The fourth-order valence-electron chi connectivity index (χ4n) is 2.45. The highest BCUT2D eigenvalue weighted by atomic mass is 35.5. The normalized spacial score (nSPS) is 20.9. The van der Waals surface area contributed by atoms with Crippen LogP contribution in [0, 0.1) is 11.7 Å². The first-order chi connectivity index (χ1) is 10.5. The number of ketones is 1. The molecule has 22 heavy (non-hydrogen) atoms. The van der Waals surface area contributed by atoms with Crippen LogP contribution < -0.4 is 4.90 Å². The third kappa shape index (κ3) is 2.25. The van der Waals surface area contributed by atoms with E-state index in [1.54, 1.807) is 6.92 Å². The van der Waals surface area contributed by atoms with E-state index in [0.29, 0.717) is 0 Å². The number of ether oxygens (including phenoxy) is 1. The lowest BCUT2D eigenvalue weighted by molar-refractivity contribution is -0.149. The molecule has 0 saturated heterocycles. The molecule has 1 saturated carbocycles. The summed E-state index contributed by atoms with van der Waals surface area (Å²) in [5, 5.41) is -0.417. The zero-order chi connectivity index (χ0) is 16.0. The Morgan fingerprint density at radius 3 is 2.77 bits per heavy atom. The van der Waals surface area contributed by atoms with Crippen molar-refractivity contribution in [2.45, 2.75) is 25.8 Å². The molecular formula is C14H12ClFN2O4. The Morgan fingerprint density at radius 1 is 1.50 bits per heavy atom. The molecule has 0 aromatic carbocycles. The molecule has 1 aliphatic heterocycles. The fourth-order valence-corrected chi connectivity index (χ4v) is 2.59. The molecule has 116 valence electrons. The van der Waals surface area contributed by atoms with Crippen molar-refractivity contribution in [3.05, 3.63) is 22.6 Å². The van der Waals surface area contributed by atoms with Crippen LogP contribution in [0.1, 0.15) is 30.1 Å². The van der Waals surface area contributed by atoms with Crippen LogP contribution in [0.15, 0.2) is 6.07 Å². The quantitative estimate of drug-likeness (QED) is 0.480. The molecule has 2 aliphatic rings. The van der Waals surface area contributed by atoms with E-state index >= 15 is 0 Å². The number of esters is 1. The molecule has 1 aromatic rings. The number of hydrogen-bond acceptors (Lipinski definition) is 5. The summed E-state index contributed by atoms with van der Waals surface area (Å²) in [6.45, 7) is 1.61. The molecule has 1 atom stereocenters. The van der Waals surface area contributed by atoms with Crippen LogP contribution in [0.3, 0.4) is 0 Å². The highest BCUT2D eigenvalue weighted by Gasteiger charge is 2.50. The van der Waals surface area contributed by atoms with E-state index in [1.165, 1.54) is 4.90 Å². The zero-order valence-electron chi connectivity index (χ0n) is 11.6. The van der Waals surface area contributed by atoms with E-state index in [9.17, 15) is 18.8 Å². The second-order valence-corrected chi connectivity index (χ2v) is 5.48. The van der Waals surface area contributed by atoms with Crippen LogP contribution in [-0.4, -0.2) is 35.3 Å². The summed E-state index contributed by atoms with van der Waals surface area (Å²) in [7, 11) is 0. The van der Waals surface area contributed by atoms with Gasteiger partial charge in [-0.3, -0.25) is 19.3 Å². The van der Waals surface area contributed by atoms with Gasteiger partial charge in [0.1, 0.15) is 5.82 Å². The van der Waals surface area contributed by atoms with Gasteiger partial charge >= 0.3 is 5.97 Å². The number of halogens is 2. The first kappa shape index (κ1) is 14.9. The van der Waals surface area contributed by atoms with Gasteiger partial charge in [-0.15, -0.1) is 0 Å². The lowest BCUT2D eigenvalue weighted by Crippen LogP contribution is -2.50. The van der Waals surface area contributed by atoms with E-state index in [0.717, 1.165) is 18.9 Å². The van der Waals surface area contributed by atoms with Crippen molar-refractivity contribution in [2.75, 3.05) is 11.5 Å². The minimum Gasteiger partial charge on any atom is -0.465 e. The number of carbonyl (C=O) groups excluding carboxylic acids is 3. The summed E-state index contributed by atoms with van der Waals surface area (Å²) in [6, 6.07) is 0.770. The number of nitrogens with zero attached hydrogens (tertiary/aromatic N) is 2. The van der Waals surface area contributed by atoms with Gasteiger partial charge in [-0.05, 0) is 25.8 Å². The van der Waals surface area contributed by atoms with Gasteiger partial charge in [-0.2, -0.15) is 0 Å². The largest absolute Gasteiger partial charge is 0.465 e. The van der Waals surface area contributed by atoms with Gasteiger partial charge in [0.25, 0.3) is 5.91 Å². The smallest absolute Gasteiger partial charge is 0.326 e. The molecule has 2 heterocycles. The zero-order valence-corrected chi connectivity index (χ0v) is 12.4. The van der Waals surface area contributed by atoms with Gasteiger partial charge in [0.05, 0.1) is 12.2 Å². The molecule has 1 unspecified atom stereocenters. The predicted octanol–water partition coefficient (Wildman–Crippen LogP) is 1.75. The Balaban J connectivity index is 2.12. The predicted molar refractivity (Wildman–Crippen MR) is 74.2 cm³/mol. The Kier molecular flexibility index (Phi) is 3.60. The Hall–Kier alpha value is -2.02. The SMILES string of the molecule is CCOC(=O)C1C(=O)c2cc(F)c(Cl)nc2N(C2CC2)C1=O. The topological polar surface area (TPSA) is 76.6 Å². The first-order valence-electron chi connectivity index (χ1n) is 6.85. The minimum absolute atomic E-state index is 0.0180. The number of amides is 1. The van der Waals surface area contributed by atoms with Crippen LogP contribution >= 0.6 is 11.6 Å². The maximum atomic E-state index is 13.6. The van der Waals surface area contributed by atoms with Crippen LogP contribution in [-0.2, 0) is 14.3 Å². The van der Waals surface area contributed by atoms with E-state index < -0.39 is 34.5 Å². The second kappa shape index (κ2) is 5.31. The highest BCUT2D eigenvalue weighted by molar-refractivity contribution is 6.32. The number of aromatic nitrogens is 1. The third-order valence-electron chi connectivity index (χ3n) is 3.59. The Bertz CT molecular complexity index is 690. The lowest BCUT2D eigenvalue weighted by atomic mass is 9.92. The molecule has 0 spiro atoms. The maximum absolute atomic E-state index is 13.6. The van der Waals surface area contributed by atoms with Crippen molar-refractivity contribution in [2.24, 2.45) is 5.92 Å². The van der Waals surface area contributed by atoms with E-state index in [4.69, 9.17) is 16.3 Å². The lowest BCUT2D eigenvalue weighted by Gasteiger charge is -2.31. The van der Waals surface area contributed by atoms with Gasteiger partial charge < -0.3 is 4.74 Å². The van der Waals surface area contributed by atoms with Crippen molar-refractivity contribution in [1.82, 2.24) is 4.98 Å². The molecule has 0 N–H and O–H groups in total. The summed E-state index contributed by atoms with van der Waals surface area (Å²) >= 11 is 5.65. The van der Waals surface area contributed by atoms with E-state index in [1.807, 2.05) is 0 Å². The third-order valence-corrected chi connectivity index (χ3v) is 3.85. The van der Waals surface area contributed by atoms with E-state index in [2.05, 4.69) is 4.98 Å². The van der Waals surface area contributed by atoms with Crippen molar-refractivity contribution < 1.29 is 23.5 Å². The van der Waals surface area contributed by atoms with Crippen molar-refractivity contribution in [3.63, 3.8) is 0 Å². The van der Waals surface area contributed by atoms with Gasteiger partial charge in [0, 0.05) is 6.04 Å². The van der Waals surface area contributed by atoms with Gasteiger partial charge in [-0.25, -0.2) is 9.37 Å². The van der Waals surface area contributed by atoms with E-state index in [-0.39, 0.29) is 24.0 Å². The summed E-state index contributed by atoms with van der Waals surface area (Å²) < 4.78 is 18.4. The second-order valence-electron chi connectivity index (χ2n) is 5.12. The van der Waals surface area contributed by atoms with Crippen molar-refractivity contribution in [3.8, 4) is 0 Å². The summed E-state index contributed by atoms with van der Waals surface area (Å²) in [5.74, 6) is -4.88. The maximum Gasteiger partial charge on any atom is 0.326 e. The highest BCUT2D eigenvalue weighted by Crippen LogP contribution is 2.39. The standard InChI is InChI=1S/C14H12ClFN2O4/c1-2-22-14(21)9-10(19)7-5-8(16)11(15)17-12(7)18(13(9)20)6-3-4-6/h5-6,9H,2-4H2,1H3. The van der Waals surface area contributed by atoms with Crippen LogP contribution in [0.5, 0.6) is 0 Å². The Labute approximate surface area is 130 Å². The summed E-state index contributed by atoms with van der Waals surface area (Å²) in [5.41, 5.74) is -0.119. The van der Waals surface area contributed by atoms with Gasteiger partial charge in [0.2, 0.25) is 0 Å². The summed E-state index contributed by atoms with van der Waals surface area (Å²) in [4.78, 5) is 41.9. The number of Topliss-reactive ketones (excluding diaryl/α,β-unsaturated/α-hetero) is 1. The fraction of sp³-hybridized carbons (Fsp3) is 0.429. The molecule has 1 amide bonds. The van der Waals surface area contributed by atoms with Crippen molar-refractivity contribution in [1.29, 1.82) is 0 Å². The van der Waals surface area contributed by atoms with Crippen LogP contribution in [0.4, 0.5) is 10.2 Å². The molecule has 3 rings (SSSR count). The number of carbonyl (C=O) groups is 3. The molecule has 1 aromatic heterocycles. The molecule has 8 heteroatoms. The van der Waals surface area contributed by atoms with Gasteiger partial charge in [-0.1, -0.05) is 11.6 Å². The van der Waals surface area contributed by atoms with Gasteiger partial charge in [0.15, 0.2) is 22.7 Å². The molecule has 0 bridgehead atoms. The molecular weight excluding hydrogens is 315 g/mol. The number of hydrogen-bond donors (Lipinski definition) is 0. The molecule has 6 nitrogen and oxygen atoms in total. The average Bonchev–Trinajstić information content (AvgIpc) is 3.26. The van der Waals surface area contributed by atoms with Crippen LogP contribution in [0.2, 0.25) is 5.15 Å². The number of pyridine rings is 1. The Morgan fingerprint density at radius 2 is 2.18 bits per heavy atom. The number of anilines is 1. The number of fused-ring (bicyclic) bond motifs is 1. The molecule has 0 radical (unpaired) electrons. The van der Waals surface area contributed by atoms with Crippen molar-refractivity contribution >= 4 is 35.1 Å².